The summed E-state index contributed by atoms with van der Waals surface area (Å²) in [7, 11) is 6.08. The van der Waals surface area contributed by atoms with Crippen LogP contribution in [0.1, 0.15) is 29.8 Å². The van der Waals surface area contributed by atoms with Gasteiger partial charge in [-0.25, -0.2) is 0 Å². The van der Waals surface area contributed by atoms with E-state index in [4.69, 9.17) is 0 Å². The van der Waals surface area contributed by atoms with Gasteiger partial charge in [-0.1, -0.05) is 0 Å². The maximum atomic E-state index is 12.3. The van der Waals surface area contributed by atoms with Crippen LogP contribution in [0.5, 0.6) is 0 Å². The van der Waals surface area contributed by atoms with Crippen molar-refractivity contribution in [3.8, 4) is 0 Å². The van der Waals surface area contributed by atoms with Crippen molar-refractivity contribution >= 4 is 21.8 Å². The molecule has 1 aromatic heterocycles. The Morgan fingerprint density at radius 1 is 1.44 bits per heavy atom. The quantitative estimate of drug-likeness (QED) is 0.926. The Morgan fingerprint density at radius 3 is 2.50 bits per heavy atom. The van der Waals surface area contributed by atoms with Crippen molar-refractivity contribution in [3.05, 3.63) is 22.4 Å². The molecule has 18 heavy (non-hydrogen) atoms. The third-order valence-electron chi connectivity index (χ3n) is 3.99. The van der Waals surface area contributed by atoms with Gasteiger partial charge in [-0.05, 0) is 55.4 Å². The SMILES string of the molecule is CN(CC1(N(C)C)CCC1)C(=O)c1cc(Br)c[nH]1. The number of nitrogens with zero attached hydrogens (tertiary/aromatic N) is 2. The summed E-state index contributed by atoms with van der Waals surface area (Å²) < 4.78 is 0.908. The Morgan fingerprint density at radius 2 is 2.11 bits per heavy atom. The van der Waals surface area contributed by atoms with Crippen LogP contribution in [0.2, 0.25) is 0 Å². The number of hydrogen-bond donors (Lipinski definition) is 1. The second kappa shape index (κ2) is 5.05. The van der Waals surface area contributed by atoms with Crippen molar-refractivity contribution in [1.82, 2.24) is 14.8 Å². The van der Waals surface area contributed by atoms with Crippen LogP contribution in [0.25, 0.3) is 0 Å². The average Bonchev–Trinajstić information content (AvgIpc) is 2.68. The number of hydrogen-bond acceptors (Lipinski definition) is 2. The van der Waals surface area contributed by atoms with E-state index in [2.05, 4.69) is 39.9 Å². The van der Waals surface area contributed by atoms with Crippen LogP contribution < -0.4 is 0 Å². The lowest BCUT2D eigenvalue weighted by molar-refractivity contribution is 0.0250. The minimum Gasteiger partial charge on any atom is -0.356 e. The molecule has 4 nitrogen and oxygen atoms in total. The summed E-state index contributed by atoms with van der Waals surface area (Å²) in [6.07, 6.45) is 5.39. The molecule has 0 saturated heterocycles. The Balaban J connectivity index is 2.03. The van der Waals surface area contributed by atoms with E-state index in [-0.39, 0.29) is 11.4 Å². The summed E-state index contributed by atoms with van der Waals surface area (Å²) in [4.78, 5) is 19.3. The third kappa shape index (κ3) is 2.47. The van der Waals surface area contributed by atoms with E-state index in [0.717, 1.165) is 11.0 Å². The fourth-order valence-electron chi connectivity index (χ4n) is 2.54. The molecule has 0 atom stereocenters. The molecule has 0 unspecified atom stereocenters. The van der Waals surface area contributed by atoms with Gasteiger partial charge in [-0.2, -0.15) is 0 Å². The molecule has 100 valence electrons. The number of carbonyl (C=O) groups is 1. The predicted octanol–water partition coefficient (Wildman–Crippen LogP) is 2.33. The monoisotopic (exact) mass is 313 g/mol. The molecule has 0 spiro atoms. The molecular formula is C13H20BrN3O. The molecule has 5 heteroatoms. The van der Waals surface area contributed by atoms with Gasteiger partial charge in [0.1, 0.15) is 5.69 Å². The van der Waals surface area contributed by atoms with E-state index in [1.54, 1.807) is 6.20 Å². The summed E-state index contributed by atoms with van der Waals surface area (Å²) in [6.45, 7) is 0.787. The minimum atomic E-state index is 0.0498. The Hall–Kier alpha value is -0.810. The first-order chi connectivity index (χ1) is 8.44. The topological polar surface area (TPSA) is 39.3 Å². The van der Waals surface area contributed by atoms with Crippen LogP contribution >= 0.6 is 15.9 Å². The van der Waals surface area contributed by atoms with Gasteiger partial charge in [0.25, 0.3) is 5.91 Å². The maximum absolute atomic E-state index is 12.3. The smallest absolute Gasteiger partial charge is 0.270 e. The Kier molecular flexibility index (Phi) is 3.82. The van der Waals surface area contributed by atoms with Gasteiger partial charge in [-0.3, -0.25) is 4.79 Å². The number of halogens is 1. The van der Waals surface area contributed by atoms with Crippen molar-refractivity contribution in [2.45, 2.75) is 24.8 Å². The Labute approximate surface area is 116 Å². The zero-order valence-corrected chi connectivity index (χ0v) is 12.7. The van der Waals surface area contributed by atoms with E-state index in [1.807, 2.05) is 18.0 Å². The summed E-state index contributed by atoms with van der Waals surface area (Å²) in [5.74, 6) is 0.0498. The number of amides is 1. The van der Waals surface area contributed by atoms with Gasteiger partial charge in [0.15, 0.2) is 0 Å². The highest BCUT2D eigenvalue weighted by molar-refractivity contribution is 9.10. The minimum absolute atomic E-state index is 0.0498. The van der Waals surface area contributed by atoms with Crippen molar-refractivity contribution in [1.29, 1.82) is 0 Å². The van der Waals surface area contributed by atoms with E-state index in [9.17, 15) is 4.79 Å². The number of likely N-dealkylation sites (N-methyl/N-ethyl adjacent to an activating group) is 2. The fourth-order valence-corrected chi connectivity index (χ4v) is 2.89. The molecule has 1 aromatic rings. The van der Waals surface area contributed by atoms with E-state index in [0.29, 0.717) is 5.69 Å². The highest BCUT2D eigenvalue weighted by Gasteiger charge is 2.40. The lowest BCUT2D eigenvalue weighted by Crippen LogP contribution is -2.57. The second-order valence-corrected chi connectivity index (χ2v) is 6.28. The number of carbonyl (C=O) groups excluding carboxylic acids is 1. The Bertz CT molecular complexity index is 437. The molecule has 0 aromatic carbocycles. The van der Waals surface area contributed by atoms with E-state index >= 15 is 0 Å². The number of aromatic amines is 1. The van der Waals surface area contributed by atoms with Crippen LogP contribution in [0.4, 0.5) is 0 Å². The molecule has 1 aliphatic rings. The summed E-state index contributed by atoms with van der Waals surface area (Å²) in [5, 5.41) is 0. The van der Waals surface area contributed by atoms with Crippen LogP contribution in [0, 0.1) is 0 Å². The molecule has 1 heterocycles. The predicted molar refractivity (Wildman–Crippen MR) is 75.7 cm³/mol. The molecule has 1 fully saturated rings. The van der Waals surface area contributed by atoms with Gasteiger partial charge in [-0.15, -0.1) is 0 Å². The number of H-pyrrole nitrogens is 1. The van der Waals surface area contributed by atoms with Gasteiger partial charge in [0.2, 0.25) is 0 Å². The van der Waals surface area contributed by atoms with E-state index < -0.39 is 0 Å². The normalized spacial score (nSPS) is 17.6. The number of aromatic nitrogens is 1. The zero-order valence-electron chi connectivity index (χ0n) is 11.2. The lowest BCUT2D eigenvalue weighted by atomic mass is 9.75. The van der Waals surface area contributed by atoms with Crippen LogP contribution in [0.15, 0.2) is 16.7 Å². The summed E-state index contributed by atoms with van der Waals surface area (Å²) >= 11 is 3.35. The van der Waals surface area contributed by atoms with Crippen LogP contribution in [0.3, 0.4) is 0 Å². The first-order valence-corrected chi connectivity index (χ1v) is 7.01. The second-order valence-electron chi connectivity index (χ2n) is 5.37. The molecule has 1 amide bonds. The van der Waals surface area contributed by atoms with Gasteiger partial charge in [0.05, 0.1) is 0 Å². The van der Waals surface area contributed by atoms with Gasteiger partial charge >= 0.3 is 0 Å². The van der Waals surface area contributed by atoms with Crippen molar-refractivity contribution < 1.29 is 4.79 Å². The summed E-state index contributed by atoms with van der Waals surface area (Å²) in [6, 6.07) is 1.82. The van der Waals surface area contributed by atoms with E-state index in [1.165, 1.54) is 19.3 Å². The molecule has 0 radical (unpaired) electrons. The van der Waals surface area contributed by atoms with Crippen molar-refractivity contribution in [2.75, 3.05) is 27.7 Å². The summed E-state index contributed by atoms with van der Waals surface area (Å²) in [5.41, 5.74) is 0.812. The van der Waals surface area contributed by atoms with Gasteiger partial charge < -0.3 is 14.8 Å². The average molecular weight is 314 g/mol. The molecule has 0 aliphatic heterocycles. The fraction of sp³-hybridized carbons (Fsp3) is 0.615. The highest BCUT2D eigenvalue weighted by atomic mass is 79.9. The van der Waals surface area contributed by atoms with Crippen molar-refractivity contribution in [3.63, 3.8) is 0 Å². The maximum Gasteiger partial charge on any atom is 0.270 e. The van der Waals surface area contributed by atoms with Crippen LogP contribution in [-0.2, 0) is 0 Å². The van der Waals surface area contributed by atoms with Crippen LogP contribution in [-0.4, -0.2) is 53.9 Å². The standard InChI is InChI=1S/C13H20BrN3O/c1-16(2)13(5-4-6-13)9-17(3)12(18)11-7-10(14)8-15-11/h7-8,15H,4-6,9H2,1-3H3. The third-order valence-corrected chi connectivity index (χ3v) is 4.45. The van der Waals surface area contributed by atoms with Crippen molar-refractivity contribution in [2.24, 2.45) is 0 Å². The zero-order chi connectivity index (χ0) is 13.3. The molecule has 1 saturated carbocycles. The number of rotatable bonds is 4. The number of nitrogens with one attached hydrogen (secondary N) is 1. The molecule has 0 bridgehead atoms. The molecule has 1 aliphatic carbocycles. The largest absolute Gasteiger partial charge is 0.356 e. The van der Waals surface area contributed by atoms with Gasteiger partial charge in [0, 0.05) is 29.8 Å². The molecule has 1 N–H and O–H groups in total. The highest BCUT2D eigenvalue weighted by Crippen LogP contribution is 2.36. The molecule has 2 rings (SSSR count). The first-order valence-electron chi connectivity index (χ1n) is 6.21. The first kappa shape index (κ1) is 13.6. The lowest BCUT2D eigenvalue weighted by Gasteiger charge is -2.49. The molecular weight excluding hydrogens is 294 g/mol.